The topological polar surface area (TPSA) is 287 Å². The van der Waals surface area contributed by atoms with Crippen LogP contribution in [0.25, 0.3) is 0 Å². The Morgan fingerprint density at radius 3 is 2.21 bits per heavy atom. The van der Waals surface area contributed by atoms with Crippen LogP contribution >= 0.6 is 0 Å². The number of imidazole rings is 1. The van der Waals surface area contributed by atoms with Crippen LogP contribution in [0.15, 0.2) is 17.5 Å². The highest BCUT2D eigenvalue weighted by molar-refractivity contribution is 5.94. The second-order valence-electron chi connectivity index (χ2n) is 9.17. The zero-order chi connectivity index (χ0) is 29.5. The van der Waals surface area contributed by atoms with E-state index in [1.165, 1.54) is 12.5 Å². The molecule has 1 heterocycles. The molecular weight excluding hydrogens is 512 g/mol. The van der Waals surface area contributed by atoms with Crippen molar-refractivity contribution >= 4 is 35.6 Å². The highest BCUT2D eigenvalue weighted by Crippen LogP contribution is 2.10. The van der Waals surface area contributed by atoms with E-state index in [0.29, 0.717) is 18.5 Å². The number of amides is 4. The van der Waals surface area contributed by atoms with Gasteiger partial charge in [0.1, 0.15) is 18.1 Å². The Morgan fingerprint density at radius 1 is 1.03 bits per heavy atom. The number of carboxylic acid groups (broad SMARTS) is 1. The van der Waals surface area contributed by atoms with Gasteiger partial charge in [0.15, 0.2) is 5.96 Å². The summed E-state index contributed by atoms with van der Waals surface area (Å²) >= 11 is 0. The van der Waals surface area contributed by atoms with E-state index in [1.807, 2.05) is 0 Å². The van der Waals surface area contributed by atoms with Gasteiger partial charge in [0.2, 0.25) is 23.6 Å². The molecule has 16 nitrogen and oxygen atoms in total. The predicted molar refractivity (Wildman–Crippen MR) is 141 cm³/mol. The van der Waals surface area contributed by atoms with Gasteiger partial charge < -0.3 is 49.0 Å². The molecule has 0 aliphatic rings. The van der Waals surface area contributed by atoms with Crippen LogP contribution in [-0.2, 0) is 30.4 Å². The summed E-state index contributed by atoms with van der Waals surface area (Å²) in [6.07, 6.45) is 3.52. The number of carbonyl (C=O) groups excluding carboxylic acids is 4. The highest BCUT2D eigenvalue weighted by Gasteiger charge is 2.32. The standard InChI is InChI=1S/C23H40N10O6/c1-3-12(2)18(22(38)39)33-20(36)15(6-7-17(25)34)31-21(37)16(9-13-10-28-11-30-13)32-19(35)14(24)5-4-8-29-23(26)27/h10-12,14-16,18H,3-9,24H2,1-2H3,(H2,25,34)(H,28,30)(H,31,37)(H,32,35)(H,33,36)(H,38,39)(H4,26,27,29). The van der Waals surface area contributed by atoms with Crippen LogP contribution in [0.5, 0.6) is 0 Å². The Balaban J connectivity index is 3.05. The van der Waals surface area contributed by atoms with Gasteiger partial charge in [0.25, 0.3) is 0 Å². The summed E-state index contributed by atoms with van der Waals surface area (Å²) in [5.41, 5.74) is 22.3. The number of aromatic nitrogens is 2. The molecule has 5 unspecified atom stereocenters. The first-order valence-corrected chi connectivity index (χ1v) is 12.6. The van der Waals surface area contributed by atoms with E-state index in [9.17, 15) is 29.1 Å². The monoisotopic (exact) mass is 552 g/mol. The molecule has 5 atom stereocenters. The Kier molecular flexibility index (Phi) is 14.0. The lowest BCUT2D eigenvalue weighted by Gasteiger charge is -2.26. The minimum Gasteiger partial charge on any atom is -0.480 e. The summed E-state index contributed by atoms with van der Waals surface area (Å²) in [4.78, 5) is 72.6. The molecule has 0 spiro atoms. The summed E-state index contributed by atoms with van der Waals surface area (Å²) in [5.74, 6) is -4.63. The Bertz CT molecular complexity index is 996. The fourth-order valence-electron chi connectivity index (χ4n) is 3.52. The molecule has 0 aromatic carbocycles. The van der Waals surface area contributed by atoms with Crippen molar-refractivity contribution in [2.45, 2.75) is 76.5 Å². The number of aliphatic carboxylic acids is 1. The predicted octanol–water partition coefficient (Wildman–Crippen LogP) is -2.82. The molecule has 0 saturated carbocycles. The summed E-state index contributed by atoms with van der Waals surface area (Å²) in [5, 5.41) is 17.0. The number of nitrogens with one attached hydrogen (secondary N) is 4. The SMILES string of the molecule is CCC(C)C(NC(=O)C(CCC(N)=O)NC(=O)C(Cc1cnc[nH]1)NC(=O)C(N)CCCN=C(N)N)C(=O)O. The largest absolute Gasteiger partial charge is 0.480 e. The first kappa shape index (κ1) is 32.8. The number of primary amides is 1. The summed E-state index contributed by atoms with van der Waals surface area (Å²) in [6.45, 7) is 3.70. The molecule has 1 rings (SSSR count). The van der Waals surface area contributed by atoms with Crippen molar-refractivity contribution < 1.29 is 29.1 Å². The maximum Gasteiger partial charge on any atom is 0.326 e. The van der Waals surface area contributed by atoms with Gasteiger partial charge in [-0.1, -0.05) is 20.3 Å². The van der Waals surface area contributed by atoms with Gasteiger partial charge in [-0.15, -0.1) is 0 Å². The van der Waals surface area contributed by atoms with Gasteiger partial charge in [0.05, 0.1) is 12.4 Å². The van der Waals surface area contributed by atoms with Crippen LogP contribution in [0.1, 0.15) is 51.6 Å². The van der Waals surface area contributed by atoms with Crippen molar-refractivity contribution in [3.05, 3.63) is 18.2 Å². The molecule has 0 fully saturated rings. The molecule has 0 aliphatic heterocycles. The van der Waals surface area contributed by atoms with E-state index in [4.69, 9.17) is 22.9 Å². The molecule has 4 amide bonds. The number of hydrogen-bond acceptors (Lipinski definition) is 8. The Labute approximate surface area is 226 Å². The number of guanidine groups is 1. The second-order valence-corrected chi connectivity index (χ2v) is 9.17. The lowest BCUT2D eigenvalue weighted by atomic mass is 9.98. The van der Waals surface area contributed by atoms with E-state index in [2.05, 4.69) is 30.9 Å². The molecule has 218 valence electrons. The number of nitrogens with zero attached hydrogens (tertiary/aromatic N) is 2. The fourth-order valence-corrected chi connectivity index (χ4v) is 3.52. The average molecular weight is 553 g/mol. The fraction of sp³-hybridized carbons (Fsp3) is 0.609. The van der Waals surface area contributed by atoms with Crippen LogP contribution in [0.3, 0.4) is 0 Å². The first-order chi connectivity index (χ1) is 18.3. The average Bonchev–Trinajstić information content (AvgIpc) is 3.38. The number of nitrogens with two attached hydrogens (primary N) is 4. The van der Waals surface area contributed by atoms with Gasteiger partial charge in [0, 0.05) is 31.3 Å². The number of carboxylic acids is 1. The zero-order valence-electron chi connectivity index (χ0n) is 22.2. The van der Waals surface area contributed by atoms with Gasteiger partial charge in [-0.25, -0.2) is 9.78 Å². The van der Waals surface area contributed by atoms with Crippen molar-refractivity contribution in [2.75, 3.05) is 6.54 Å². The maximum absolute atomic E-state index is 13.3. The molecule has 13 N–H and O–H groups in total. The number of hydrogen-bond donors (Lipinski definition) is 9. The molecule has 1 aromatic heterocycles. The van der Waals surface area contributed by atoms with Crippen LogP contribution in [-0.4, -0.2) is 81.3 Å². The normalized spacial score (nSPS) is 14.6. The zero-order valence-corrected chi connectivity index (χ0v) is 22.2. The van der Waals surface area contributed by atoms with E-state index >= 15 is 0 Å². The van der Waals surface area contributed by atoms with Crippen molar-refractivity contribution in [1.82, 2.24) is 25.9 Å². The summed E-state index contributed by atoms with van der Waals surface area (Å²) < 4.78 is 0. The first-order valence-electron chi connectivity index (χ1n) is 12.6. The minimum absolute atomic E-state index is 0.0208. The van der Waals surface area contributed by atoms with Crippen molar-refractivity contribution in [1.29, 1.82) is 0 Å². The molecule has 0 saturated heterocycles. The Hall–Kier alpha value is -4.21. The number of H-pyrrole nitrogens is 1. The smallest absolute Gasteiger partial charge is 0.326 e. The van der Waals surface area contributed by atoms with Crippen molar-refractivity contribution in [2.24, 2.45) is 33.8 Å². The van der Waals surface area contributed by atoms with Gasteiger partial charge >= 0.3 is 5.97 Å². The van der Waals surface area contributed by atoms with Crippen molar-refractivity contribution in [3.8, 4) is 0 Å². The molecule has 39 heavy (non-hydrogen) atoms. The maximum atomic E-state index is 13.3. The number of aliphatic imine (C=N–C) groups is 1. The molecule has 16 heteroatoms. The van der Waals surface area contributed by atoms with Crippen molar-refractivity contribution in [3.63, 3.8) is 0 Å². The summed E-state index contributed by atoms with van der Waals surface area (Å²) in [6, 6.07) is -4.68. The third-order valence-corrected chi connectivity index (χ3v) is 6.01. The summed E-state index contributed by atoms with van der Waals surface area (Å²) in [7, 11) is 0. The number of rotatable bonds is 18. The van der Waals surface area contributed by atoms with E-state index in [1.54, 1.807) is 13.8 Å². The number of carbonyl (C=O) groups is 5. The van der Waals surface area contributed by atoms with Crippen LogP contribution in [0.4, 0.5) is 0 Å². The Morgan fingerprint density at radius 2 is 1.67 bits per heavy atom. The van der Waals surface area contributed by atoms with Crippen LogP contribution < -0.4 is 38.9 Å². The molecule has 1 aromatic rings. The molecule has 0 radical (unpaired) electrons. The second kappa shape index (κ2) is 16.6. The van der Waals surface area contributed by atoms with E-state index < -0.39 is 59.7 Å². The quantitative estimate of drug-likeness (QED) is 0.0511. The lowest BCUT2D eigenvalue weighted by Crippen LogP contribution is -2.58. The molecule has 0 bridgehead atoms. The number of aromatic amines is 1. The third kappa shape index (κ3) is 12.3. The molecular formula is C23H40N10O6. The van der Waals surface area contributed by atoms with Gasteiger partial charge in [-0.2, -0.15) is 0 Å². The van der Waals surface area contributed by atoms with E-state index in [-0.39, 0.29) is 38.2 Å². The minimum atomic E-state index is -1.30. The van der Waals surface area contributed by atoms with Crippen LogP contribution in [0.2, 0.25) is 0 Å². The molecule has 0 aliphatic carbocycles. The van der Waals surface area contributed by atoms with Gasteiger partial charge in [-0.3, -0.25) is 24.2 Å². The highest BCUT2D eigenvalue weighted by atomic mass is 16.4. The lowest BCUT2D eigenvalue weighted by molar-refractivity contribution is -0.144. The van der Waals surface area contributed by atoms with Gasteiger partial charge in [-0.05, 0) is 25.2 Å². The third-order valence-electron chi connectivity index (χ3n) is 6.01. The van der Waals surface area contributed by atoms with E-state index in [0.717, 1.165) is 0 Å². The van der Waals surface area contributed by atoms with Crippen LogP contribution in [0, 0.1) is 5.92 Å².